The molecule has 40 heavy (non-hydrogen) atoms. The molecule has 1 saturated heterocycles. The molecule has 2 aromatic carbocycles. The molecule has 3 heterocycles. The molecule has 1 amide bonds. The van der Waals surface area contributed by atoms with Crippen molar-refractivity contribution in [3.8, 4) is 29.1 Å². The molecule has 3 aromatic rings. The number of thiazole rings is 1. The Morgan fingerprint density at radius 1 is 1.20 bits per heavy atom. The minimum Gasteiger partial charge on any atom is -0.503 e. The second-order valence-electron chi connectivity index (χ2n) is 9.26. The van der Waals surface area contributed by atoms with Gasteiger partial charge in [-0.3, -0.25) is 14.2 Å². The van der Waals surface area contributed by atoms with Crippen molar-refractivity contribution in [2.24, 2.45) is 0 Å². The number of rotatable bonds is 6. The summed E-state index contributed by atoms with van der Waals surface area (Å²) >= 11 is 4.39. The molecular formula is C28H27BrN4O6S. The molecule has 0 saturated carbocycles. The summed E-state index contributed by atoms with van der Waals surface area (Å²) in [5.41, 5.74) is 0.934. The molecule has 0 aliphatic carbocycles. The van der Waals surface area contributed by atoms with Crippen LogP contribution in [0.25, 0.3) is 11.6 Å². The van der Waals surface area contributed by atoms with Crippen molar-refractivity contribution in [2.45, 2.75) is 13.5 Å². The van der Waals surface area contributed by atoms with E-state index < -0.39 is 0 Å². The lowest BCUT2D eigenvalue weighted by Gasteiger charge is -2.33. The number of nitrogens with zero attached hydrogens (tertiary/aromatic N) is 4. The van der Waals surface area contributed by atoms with E-state index >= 15 is 0 Å². The fourth-order valence-electron chi connectivity index (χ4n) is 4.67. The number of aromatic nitrogens is 1. The molecule has 12 heteroatoms. The average molecular weight is 628 g/mol. The Labute approximate surface area is 242 Å². The minimum atomic E-state index is -0.389. The maximum Gasteiger partial charge on any atom is 0.269 e. The summed E-state index contributed by atoms with van der Waals surface area (Å²) in [6.45, 7) is 5.70. The first-order valence-electron chi connectivity index (χ1n) is 12.6. The van der Waals surface area contributed by atoms with Gasteiger partial charge in [-0.1, -0.05) is 13.0 Å². The summed E-state index contributed by atoms with van der Waals surface area (Å²) in [6, 6.07) is 10.7. The van der Waals surface area contributed by atoms with Gasteiger partial charge in [0.15, 0.2) is 28.6 Å². The van der Waals surface area contributed by atoms with Crippen molar-refractivity contribution in [1.82, 2.24) is 14.4 Å². The van der Waals surface area contributed by atoms with Crippen molar-refractivity contribution in [2.75, 3.05) is 46.6 Å². The number of hydrogen-bond donors (Lipinski definition) is 1. The summed E-state index contributed by atoms with van der Waals surface area (Å²) in [5, 5.41) is 20.4. The zero-order chi connectivity index (χ0) is 28.4. The van der Waals surface area contributed by atoms with E-state index in [-0.39, 0.29) is 46.5 Å². The zero-order valence-electron chi connectivity index (χ0n) is 22.0. The van der Waals surface area contributed by atoms with Crippen LogP contribution in [0.1, 0.15) is 18.1 Å². The second kappa shape index (κ2) is 11.8. The average Bonchev–Trinajstić information content (AvgIpc) is 3.55. The number of fused-ring (bicyclic) bond motifs is 1. The van der Waals surface area contributed by atoms with Gasteiger partial charge in [0.05, 0.1) is 22.7 Å². The van der Waals surface area contributed by atoms with E-state index in [1.165, 1.54) is 11.7 Å². The van der Waals surface area contributed by atoms with E-state index in [1.807, 2.05) is 6.07 Å². The Morgan fingerprint density at radius 2 is 1.95 bits per heavy atom. The van der Waals surface area contributed by atoms with Crippen molar-refractivity contribution in [3.05, 3.63) is 65.5 Å². The van der Waals surface area contributed by atoms with Crippen LogP contribution in [0.2, 0.25) is 0 Å². The summed E-state index contributed by atoms with van der Waals surface area (Å²) < 4.78 is 18.6. The van der Waals surface area contributed by atoms with Crippen LogP contribution >= 0.6 is 27.3 Å². The highest BCUT2D eigenvalue weighted by atomic mass is 79.9. The molecule has 1 N–H and O–H groups in total. The maximum absolute atomic E-state index is 13.8. The number of carbonyl (C=O) groups excluding carboxylic acids is 1. The first kappa shape index (κ1) is 27.8. The predicted octanol–water partition coefficient (Wildman–Crippen LogP) is 1.83. The monoisotopic (exact) mass is 626 g/mol. The number of ether oxygens (including phenoxy) is 3. The van der Waals surface area contributed by atoms with Crippen LogP contribution in [0.3, 0.4) is 0 Å². The molecule has 0 unspecified atom stereocenters. The van der Waals surface area contributed by atoms with Gasteiger partial charge in [0.2, 0.25) is 6.79 Å². The van der Waals surface area contributed by atoms with Crippen molar-refractivity contribution in [1.29, 1.82) is 5.26 Å². The lowest BCUT2D eigenvalue weighted by molar-refractivity contribution is -0.126. The van der Waals surface area contributed by atoms with Crippen LogP contribution in [-0.2, 0) is 11.3 Å². The van der Waals surface area contributed by atoms with Gasteiger partial charge in [0.25, 0.3) is 11.5 Å². The third kappa shape index (κ3) is 5.45. The van der Waals surface area contributed by atoms with Gasteiger partial charge in [-0.15, -0.1) is 11.3 Å². The van der Waals surface area contributed by atoms with Gasteiger partial charge in [0.1, 0.15) is 10.7 Å². The van der Waals surface area contributed by atoms with Gasteiger partial charge >= 0.3 is 0 Å². The molecule has 10 nitrogen and oxygen atoms in total. The molecule has 0 atom stereocenters. The third-order valence-corrected chi connectivity index (χ3v) is 8.63. The van der Waals surface area contributed by atoms with E-state index in [0.717, 1.165) is 36.5 Å². The van der Waals surface area contributed by atoms with Crippen molar-refractivity contribution < 1.29 is 24.1 Å². The number of aromatic hydroxyl groups is 1. The highest BCUT2D eigenvalue weighted by Gasteiger charge is 2.25. The van der Waals surface area contributed by atoms with Crippen LogP contribution in [0.4, 0.5) is 0 Å². The molecule has 1 fully saturated rings. The topological polar surface area (TPSA) is 117 Å². The summed E-state index contributed by atoms with van der Waals surface area (Å²) in [6.07, 6.45) is 1.65. The lowest BCUT2D eigenvalue weighted by Crippen LogP contribution is -2.49. The first-order chi connectivity index (χ1) is 19.3. The summed E-state index contributed by atoms with van der Waals surface area (Å²) in [7, 11) is 1.44. The Bertz CT molecular complexity index is 1680. The van der Waals surface area contributed by atoms with E-state index in [4.69, 9.17) is 14.2 Å². The Kier molecular flexibility index (Phi) is 8.16. The summed E-state index contributed by atoms with van der Waals surface area (Å²) in [5.74, 6) is 0.988. The smallest absolute Gasteiger partial charge is 0.269 e. The fourth-order valence-corrected chi connectivity index (χ4v) is 6.22. The van der Waals surface area contributed by atoms with Crippen LogP contribution in [0.15, 0.2) is 39.6 Å². The second-order valence-corrected chi connectivity index (χ2v) is 11.1. The van der Waals surface area contributed by atoms with Gasteiger partial charge in [0, 0.05) is 26.2 Å². The highest BCUT2D eigenvalue weighted by Crippen LogP contribution is 2.35. The molecular weight excluding hydrogens is 600 g/mol. The molecule has 5 rings (SSSR count). The minimum absolute atomic E-state index is 0.0550. The number of phenols is 1. The van der Waals surface area contributed by atoms with Crippen molar-refractivity contribution in [3.63, 3.8) is 0 Å². The number of phenolic OH excluding ortho intramolecular Hbond substituents is 1. The number of halogens is 1. The largest absolute Gasteiger partial charge is 0.503 e. The van der Waals surface area contributed by atoms with Gasteiger partial charge < -0.3 is 29.1 Å². The number of likely N-dealkylation sites (N-methyl/N-ethyl adjacent to an activating group) is 1. The van der Waals surface area contributed by atoms with Gasteiger partial charge in [-0.25, -0.2) is 0 Å². The van der Waals surface area contributed by atoms with Crippen molar-refractivity contribution >= 4 is 44.8 Å². The summed E-state index contributed by atoms with van der Waals surface area (Å²) in [4.78, 5) is 31.3. The molecule has 0 spiro atoms. The third-order valence-electron chi connectivity index (χ3n) is 6.90. The van der Waals surface area contributed by atoms with E-state index in [1.54, 1.807) is 35.2 Å². The molecule has 2 aliphatic rings. The molecule has 208 valence electrons. The normalized spacial score (nSPS) is 16.1. The molecule has 0 bridgehead atoms. The maximum atomic E-state index is 13.8. The SMILES string of the molecule is CCN1CCN(C(=O)/C(C#N)=c2\s/c(=C\c3cc(Br)c(O)c(OC)c3)c(=O)n2Cc2ccc3c(c2)OCO3)CC1. The van der Waals surface area contributed by atoms with Crippen LogP contribution in [-0.4, -0.2) is 72.0 Å². The Balaban J connectivity index is 1.65. The Morgan fingerprint density at radius 3 is 2.65 bits per heavy atom. The number of benzene rings is 2. The lowest BCUT2D eigenvalue weighted by atomic mass is 10.2. The quantitative estimate of drug-likeness (QED) is 0.440. The van der Waals surface area contributed by atoms with E-state index in [2.05, 4.69) is 33.8 Å². The number of amides is 1. The number of carbonyl (C=O) groups is 1. The van der Waals surface area contributed by atoms with E-state index in [0.29, 0.717) is 39.2 Å². The highest BCUT2D eigenvalue weighted by molar-refractivity contribution is 9.10. The molecule has 0 radical (unpaired) electrons. The van der Waals surface area contributed by atoms with Crippen LogP contribution in [0, 0.1) is 11.3 Å². The number of nitriles is 1. The fraction of sp³-hybridized carbons (Fsp3) is 0.321. The van der Waals surface area contributed by atoms with Gasteiger partial charge in [-0.2, -0.15) is 5.26 Å². The first-order valence-corrected chi connectivity index (χ1v) is 14.3. The predicted molar refractivity (Wildman–Crippen MR) is 153 cm³/mol. The van der Waals surface area contributed by atoms with Crippen LogP contribution in [0.5, 0.6) is 23.0 Å². The number of hydrogen-bond acceptors (Lipinski definition) is 9. The molecule has 1 aromatic heterocycles. The number of methoxy groups -OCH3 is 1. The van der Waals surface area contributed by atoms with E-state index in [9.17, 15) is 20.0 Å². The standard InChI is InChI=1S/C28H27BrN4O6S/c1-3-31-6-8-32(9-7-31)26(35)19(14-30)28-33(15-17-4-5-21-22(11-17)39-16-38-21)27(36)24(40-28)13-18-10-20(29)25(34)23(12-18)37-2/h4-5,10-13,34H,3,6-9,15-16H2,1-2H3/b24-13-,28-19-. The van der Waals surface area contributed by atoms with Crippen LogP contribution < -0.4 is 29.0 Å². The number of piperazine rings is 1. The zero-order valence-corrected chi connectivity index (χ0v) is 24.4. The van der Waals surface area contributed by atoms with Gasteiger partial charge in [-0.05, 0) is 63.9 Å². The Hall–Kier alpha value is -3.79. The molecule has 2 aliphatic heterocycles.